The summed E-state index contributed by atoms with van der Waals surface area (Å²) in [5.41, 5.74) is 5.81. The third-order valence-corrected chi connectivity index (χ3v) is 4.10. The van der Waals surface area contributed by atoms with Gasteiger partial charge in [-0.25, -0.2) is 0 Å². The second kappa shape index (κ2) is 6.10. The highest BCUT2D eigenvalue weighted by Crippen LogP contribution is 2.22. The molecule has 0 aromatic heterocycles. The Kier molecular flexibility index (Phi) is 4.03. The van der Waals surface area contributed by atoms with Crippen LogP contribution in [0, 0.1) is 0 Å². The van der Waals surface area contributed by atoms with E-state index in [4.69, 9.17) is 0 Å². The minimum atomic E-state index is 1.00. The maximum absolute atomic E-state index is 3.45. The van der Waals surface area contributed by atoms with Crippen LogP contribution in [-0.2, 0) is 19.5 Å². The first-order chi connectivity index (χ1) is 9.88. The van der Waals surface area contributed by atoms with Crippen LogP contribution in [-0.4, -0.2) is 13.1 Å². The topological polar surface area (TPSA) is 15.3 Å². The van der Waals surface area contributed by atoms with Crippen molar-refractivity contribution in [2.24, 2.45) is 0 Å². The van der Waals surface area contributed by atoms with Crippen LogP contribution in [0.1, 0.15) is 23.6 Å². The van der Waals surface area contributed by atoms with Crippen molar-refractivity contribution in [3.63, 3.8) is 0 Å². The zero-order chi connectivity index (χ0) is 13.8. The molecule has 1 heterocycles. The summed E-state index contributed by atoms with van der Waals surface area (Å²) in [7, 11) is 0. The lowest BCUT2D eigenvalue weighted by Gasteiger charge is -2.27. The fraction of sp³-hybridized carbons (Fsp3) is 0.333. The summed E-state index contributed by atoms with van der Waals surface area (Å²) in [6.07, 6.45) is 1.15. The van der Waals surface area contributed by atoms with Gasteiger partial charge in [0.2, 0.25) is 0 Å². The SMILES string of the molecule is CCN(Cc1cccc2c1CCNC2)c1ccccc1. The van der Waals surface area contributed by atoms with E-state index in [1.54, 1.807) is 5.56 Å². The molecular weight excluding hydrogens is 244 g/mol. The van der Waals surface area contributed by atoms with Gasteiger partial charge in [0.1, 0.15) is 0 Å². The van der Waals surface area contributed by atoms with Crippen molar-refractivity contribution in [2.75, 3.05) is 18.0 Å². The average Bonchev–Trinajstić information content (AvgIpc) is 2.53. The molecule has 2 aromatic rings. The molecule has 2 nitrogen and oxygen atoms in total. The van der Waals surface area contributed by atoms with Crippen LogP contribution in [0.15, 0.2) is 48.5 Å². The number of rotatable bonds is 4. The molecule has 0 spiro atoms. The fourth-order valence-corrected chi connectivity index (χ4v) is 2.99. The molecule has 1 N–H and O–H groups in total. The van der Waals surface area contributed by atoms with Crippen LogP contribution in [0.3, 0.4) is 0 Å². The van der Waals surface area contributed by atoms with Crippen LogP contribution in [0.4, 0.5) is 5.69 Å². The van der Waals surface area contributed by atoms with E-state index in [1.807, 2.05) is 0 Å². The van der Waals surface area contributed by atoms with Crippen molar-refractivity contribution in [2.45, 2.75) is 26.4 Å². The van der Waals surface area contributed by atoms with Gasteiger partial charge in [-0.1, -0.05) is 36.4 Å². The summed E-state index contributed by atoms with van der Waals surface area (Å²) < 4.78 is 0. The first-order valence-corrected chi connectivity index (χ1v) is 7.49. The van der Waals surface area contributed by atoms with E-state index in [1.165, 1.54) is 16.8 Å². The van der Waals surface area contributed by atoms with Crippen molar-refractivity contribution in [1.29, 1.82) is 0 Å². The van der Waals surface area contributed by atoms with Crippen molar-refractivity contribution >= 4 is 5.69 Å². The molecule has 0 aliphatic carbocycles. The number of hydrogen-bond acceptors (Lipinski definition) is 2. The lowest BCUT2D eigenvalue weighted by molar-refractivity contribution is 0.636. The van der Waals surface area contributed by atoms with Crippen molar-refractivity contribution in [1.82, 2.24) is 5.32 Å². The first kappa shape index (κ1) is 13.2. The Balaban J connectivity index is 1.87. The number of fused-ring (bicyclic) bond motifs is 1. The van der Waals surface area contributed by atoms with Gasteiger partial charge >= 0.3 is 0 Å². The van der Waals surface area contributed by atoms with Crippen LogP contribution in [0.25, 0.3) is 0 Å². The number of anilines is 1. The van der Waals surface area contributed by atoms with E-state index in [0.29, 0.717) is 0 Å². The summed E-state index contributed by atoms with van der Waals surface area (Å²) in [5.74, 6) is 0. The Labute approximate surface area is 121 Å². The van der Waals surface area contributed by atoms with Gasteiger partial charge < -0.3 is 10.2 Å². The van der Waals surface area contributed by atoms with Crippen molar-refractivity contribution in [3.05, 3.63) is 65.2 Å². The lowest BCUT2D eigenvalue weighted by Crippen LogP contribution is -2.27. The third-order valence-electron chi connectivity index (χ3n) is 4.10. The zero-order valence-corrected chi connectivity index (χ0v) is 12.1. The van der Waals surface area contributed by atoms with E-state index in [9.17, 15) is 0 Å². The van der Waals surface area contributed by atoms with Crippen LogP contribution in [0.2, 0.25) is 0 Å². The molecule has 0 radical (unpaired) electrons. The number of nitrogens with zero attached hydrogens (tertiary/aromatic N) is 1. The van der Waals surface area contributed by atoms with Gasteiger partial charge in [-0.05, 0) is 48.7 Å². The van der Waals surface area contributed by atoms with Crippen molar-refractivity contribution in [3.8, 4) is 0 Å². The molecule has 104 valence electrons. The molecule has 3 rings (SSSR count). The molecule has 1 aliphatic rings. The Morgan fingerprint density at radius 2 is 1.90 bits per heavy atom. The molecule has 20 heavy (non-hydrogen) atoms. The van der Waals surface area contributed by atoms with Crippen LogP contribution >= 0.6 is 0 Å². The van der Waals surface area contributed by atoms with Gasteiger partial charge in [0.15, 0.2) is 0 Å². The highest BCUT2D eigenvalue weighted by molar-refractivity contribution is 5.48. The summed E-state index contributed by atoms with van der Waals surface area (Å²) in [5, 5.41) is 3.45. The second-order valence-electron chi connectivity index (χ2n) is 5.33. The summed E-state index contributed by atoms with van der Waals surface area (Å²) in [6, 6.07) is 17.4. The maximum Gasteiger partial charge on any atom is 0.0432 e. The molecule has 0 atom stereocenters. The zero-order valence-electron chi connectivity index (χ0n) is 12.1. The Bertz CT molecular complexity index is 563. The molecule has 0 fully saturated rings. The lowest BCUT2D eigenvalue weighted by atomic mass is 9.95. The third kappa shape index (κ3) is 2.70. The van der Waals surface area contributed by atoms with Crippen LogP contribution in [0.5, 0.6) is 0 Å². The number of para-hydroxylation sites is 1. The predicted molar refractivity (Wildman–Crippen MR) is 85.0 cm³/mol. The highest BCUT2D eigenvalue weighted by atomic mass is 15.1. The van der Waals surface area contributed by atoms with E-state index < -0.39 is 0 Å². The van der Waals surface area contributed by atoms with Gasteiger partial charge in [-0.15, -0.1) is 0 Å². The van der Waals surface area contributed by atoms with Gasteiger partial charge in [-0.2, -0.15) is 0 Å². The highest BCUT2D eigenvalue weighted by Gasteiger charge is 2.14. The van der Waals surface area contributed by atoms with Crippen molar-refractivity contribution < 1.29 is 0 Å². The number of hydrogen-bond donors (Lipinski definition) is 1. The maximum atomic E-state index is 3.45. The molecule has 2 aromatic carbocycles. The Morgan fingerprint density at radius 3 is 2.70 bits per heavy atom. The first-order valence-electron chi connectivity index (χ1n) is 7.49. The van der Waals surface area contributed by atoms with E-state index in [2.05, 4.69) is 65.7 Å². The van der Waals surface area contributed by atoms with Gasteiger partial charge in [0.05, 0.1) is 0 Å². The predicted octanol–water partition coefficient (Wildman–Crippen LogP) is 3.36. The summed E-state index contributed by atoms with van der Waals surface area (Å²) in [4.78, 5) is 2.44. The minimum absolute atomic E-state index is 1.00. The van der Waals surface area contributed by atoms with Gasteiger partial charge in [-0.3, -0.25) is 0 Å². The number of benzene rings is 2. The van der Waals surface area contributed by atoms with Gasteiger partial charge in [0.25, 0.3) is 0 Å². The molecule has 0 bridgehead atoms. The minimum Gasteiger partial charge on any atom is -0.367 e. The standard InChI is InChI=1S/C18H22N2/c1-2-20(17-9-4-3-5-10-17)14-16-8-6-7-15-13-19-12-11-18(15)16/h3-10,19H,2,11-14H2,1H3. The number of nitrogens with one attached hydrogen (secondary N) is 1. The monoisotopic (exact) mass is 266 g/mol. The molecule has 1 aliphatic heterocycles. The average molecular weight is 266 g/mol. The molecule has 2 heteroatoms. The fourth-order valence-electron chi connectivity index (χ4n) is 2.99. The second-order valence-corrected chi connectivity index (χ2v) is 5.33. The van der Waals surface area contributed by atoms with E-state index in [0.717, 1.165) is 32.6 Å². The largest absolute Gasteiger partial charge is 0.367 e. The smallest absolute Gasteiger partial charge is 0.0432 e. The molecule has 0 saturated carbocycles. The summed E-state index contributed by atoms with van der Waals surface area (Å²) >= 11 is 0. The Morgan fingerprint density at radius 1 is 1.05 bits per heavy atom. The van der Waals surface area contributed by atoms with Crippen LogP contribution < -0.4 is 10.2 Å². The quantitative estimate of drug-likeness (QED) is 0.913. The molecular formula is C18H22N2. The molecule has 0 saturated heterocycles. The van der Waals surface area contributed by atoms with E-state index >= 15 is 0 Å². The molecule has 0 unspecified atom stereocenters. The normalized spacial score (nSPS) is 13.8. The van der Waals surface area contributed by atoms with E-state index in [-0.39, 0.29) is 0 Å². The summed E-state index contributed by atoms with van der Waals surface area (Å²) in [6.45, 7) is 6.38. The molecule has 0 amide bonds. The Hall–Kier alpha value is -1.80. The van der Waals surface area contributed by atoms with Gasteiger partial charge in [0, 0.05) is 25.3 Å².